The van der Waals surface area contributed by atoms with E-state index >= 15 is 0 Å². The second-order valence-corrected chi connectivity index (χ2v) is 24.4. The minimum Gasteiger partial charge on any atom is -0.445 e. The van der Waals surface area contributed by atoms with E-state index < -0.39 is 178 Å². The minimum absolute atomic E-state index is 0.0660. The molecule has 546 valence electrons. The number of rotatable bonds is 31. The van der Waals surface area contributed by atoms with Crippen LogP contribution in [-0.4, -0.2) is 234 Å². The molecule has 4 aliphatic heterocycles. The van der Waals surface area contributed by atoms with E-state index in [2.05, 4.69) is 37.2 Å². The highest BCUT2D eigenvalue weighted by Gasteiger charge is 2.61. The molecule has 0 spiro atoms. The number of aliphatic hydroxyl groups is 7. The van der Waals surface area contributed by atoms with E-state index in [1.165, 1.54) is 0 Å². The predicted octanol–water partition coefficient (Wildman–Crippen LogP) is 0.479. The topological polar surface area (TPSA) is 442 Å². The van der Waals surface area contributed by atoms with Gasteiger partial charge in [-0.3, -0.25) is 4.79 Å². The van der Waals surface area contributed by atoms with Crippen LogP contribution in [-0.2, 0) is 94.7 Å². The van der Waals surface area contributed by atoms with E-state index in [1.54, 1.807) is 152 Å². The standard InChI is InChI=1S/C69H85N7O25/c77-29-28-70-31-48-58-59(98-58)51(76-69(89)94-38-43-24-14-5-15-25-43)63(96-48)99-56-45(74-67(87)92-36-41-20-10-3-11-21-41)30-44(73-61(84)46(79)26-27-71-65(85)90-34-39-16-6-1-7-17-39)52(80)60(56)101-64-55(83)57(49(33-78)97-64)100-62-50(75-68(88)93-37-42-22-12-4-13-23-42)54(82)53(81)47(95-62)32-72-66(86)91-35-40-18-8-2-9-19-40/h1-25,44-60,62-64,70,77-83H,26-38H2,(H,71,85)(H,72,86)(H,73,84)(H,74,87)(H,75,88)(H,76,89)/t44-,45+,46+,47+,48-,49-,50-,51-,52+,53-,54-,55-,56-,57-,58+,59-,60-,62-,63-,64+/m1/s1. The zero-order chi connectivity index (χ0) is 71.2. The molecule has 5 fully saturated rings. The Morgan fingerprint density at radius 3 is 1.38 bits per heavy atom. The highest BCUT2D eigenvalue weighted by atomic mass is 16.8. The zero-order valence-corrected chi connectivity index (χ0v) is 54.7. The lowest BCUT2D eigenvalue weighted by Gasteiger charge is -2.47. The Morgan fingerprint density at radius 1 is 0.416 bits per heavy atom. The van der Waals surface area contributed by atoms with Crippen LogP contribution in [0.5, 0.6) is 0 Å². The molecule has 1 saturated carbocycles. The summed E-state index contributed by atoms with van der Waals surface area (Å²) < 4.78 is 72.2. The maximum atomic E-state index is 14.2. The van der Waals surface area contributed by atoms with Crippen molar-refractivity contribution >= 4 is 36.4 Å². The molecule has 10 rings (SSSR count). The van der Waals surface area contributed by atoms with E-state index in [0.29, 0.717) is 27.8 Å². The number of fused-ring (bicyclic) bond motifs is 1. The summed E-state index contributed by atoms with van der Waals surface area (Å²) in [6.45, 7) is -2.62. The SMILES string of the molecule is O=C(NCC[C@H](O)C(=O)N[C@@H]1C[C@H](NC(=O)OCc2ccccc2)[C@@H](O[C@H]2O[C@H](CNCCO)[C@@H]3O[C@@H]3[C@H]2NC(=O)OCc2ccccc2)[C@H](O[C@@H]2O[C@H](CO)[C@@H](O[C@H]3O[C@@H](CNC(=O)OCc4ccccc4)[C@@H](O)[C@H](O)[C@H]3NC(=O)OCc3ccccc3)[C@H]2O)[C@H]1O)OCc1ccccc1. The van der Waals surface area contributed by atoms with Crippen molar-refractivity contribution in [1.82, 2.24) is 37.2 Å². The lowest BCUT2D eigenvalue weighted by molar-refractivity contribution is -0.290. The van der Waals surface area contributed by atoms with Crippen LogP contribution in [0.25, 0.3) is 0 Å². The van der Waals surface area contributed by atoms with Gasteiger partial charge in [0.05, 0.1) is 25.3 Å². The molecule has 32 nitrogen and oxygen atoms in total. The summed E-state index contributed by atoms with van der Waals surface area (Å²) in [5.41, 5.74) is 3.19. The molecule has 5 aromatic rings. The molecular weight excluding hydrogens is 1330 g/mol. The highest BCUT2D eigenvalue weighted by Crippen LogP contribution is 2.41. The van der Waals surface area contributed by atoms with Gasteiger partial charge in [0, 0.05) is 26.2 Å². The summed E-state index contributed by atoms with van der Waals surface area (Å²) in [7, 11) is 0. The molecule has 6 amide bonds. The van der Waals surface area contributed by atoms with Crippen LogP contribution in [0.1, 0.15) is 40.7 Å². The Morgan fingerprint density at radius 2 is 0.861 bits per heavy atom. The number of epoxide rings is 1. The number of aliphatic hydroxyl groups excluding tert-OH is 7. The molecule has 101 heavy (non-hydrogen) atoms. The Balaban J connectivity index is 0.934. The van der Waals surface area contributed by atoms with Gasteiger partial charge in [-0.1, -0.05) is 152 Å². The average molecular weight is 1410 g/mol. The van der Waals surface area contributed by atoms with E-state index in [9.17, 15) is 64.5 Å². The maximum Gasteiger partial charge on any atom is 0.407 e. The number of alkyl carbamates (subject to hydrolysis) is 5. The van der Waals surface area contributed by atoms with Crippen LogP contribution in [0.15, 0.2) is 152 Å². The molecule has 0 aromatic heterocycles. The van der Waals surface area contributed by atoms with Gasteiger partial charge in [0.1, 0.15) is 124 Å². The van der Waals surface area contributed by atoms with Crippen molar-refractivity contribution in [2.24, 2.45) is 0 Å². The fraction of sp³-hybridized carbons (Fsp3) is 0.478. The van der Waals surface area contributed by atoms with E-state index in [4.69, 9.17) is 56.8 Å². The van der Waals surface area contributed by atoms with Crippen LogP contribution in [0, 0.1) is 0 Å². The fourth-order valence-corrected chi connectivity index (χ4v) is 11.9. The van der Waals surface area contributed by atoms with Crippen LogP contribution in [0.2, 0.25) is 0 Å². The maximum absolute atomic E-state index is 14.2. The third kappa shape index (κ3) is 21.4. The number of hydrogen-bond donors (Lipinski definition) is 14. The Hall–Kier alpha value is -8.68. The van der Waals surface area contributed by atoms with Crippen LogP contribution in [0.4, 0.5) is 24.0 Å². The molecule has 5 aromatic carbocycles. The molecule has 4 saturated heterocycles. The molecule has 32 heteroatoms. The summed E-state index contributed by atoms with van der Waals surface area (Å²) >= 11 is 0. The number of carbonyl (C=O) groups is 6. The Kier molecular flexibility index (Phi) is 27.7. The Bertz CT molecular complexity index is 3400. The molecule has 0 radical (unpaired) electrons. The molecule has 1 aliphatic carbocycles. The second kappa shape index (κ2) is 37.3. The van der Waals surface area contributed by atoms with Gasteiger partial charge in [0.15, 0.2) is 18.9 Å². The van der Waals surface area contributed by atoms with E-state index in [1.807, 2.05) is 0 Å². The van der Waals surface area contributed by atoms with Gasteiger partial charge in [0.25, 0.3) is 0 Å². The van der Waals surface area contributed by atoms with Crippen LogP contribution >= 0.6 is 0 Å². The molecule has 5 aliphatic rings. The summed E-state index contributed by atoms with van der Waals surface area (Å²) in [6, 6.07) is 37.6. The van der Waals surface area contributed by atoms with Crippen molar-refractivity contribution in [2.45, 2.75) is 168 Å². The van der Waals surface area contributed by atoms with E-state index in [0.717, 1.165) is 0 Å². The molecular formula is C69H85N7O25. The summed E-state index contributed by atoms with van der Waals surface area (Å²) in [4.78, 5) is 81.3. The zero-order valence-electron chi connectivity index (χ0n) is 54.7. The third-order valence-corrected chi connectivity index (χ3v) is 17.2. The van der Waals surface area contributed by atoms with Gasteiger partial charge >= 0.3 is 30.5 Å². The quantitative estimate of drug-likeness (QED) is 0.0163. The number of ether oxygens (including phenoxy) is 12. The average Bonchev–Trinajstić information content (AvgIpc) is 1.63. The largest absolute Gasteiger partial charge is 0.445 e. The van der Waals surface area contributed by atoms with Crippen molar-refractivity contribution in [3.63, 3.8) is 0 Å². The monoisotopic (exact) mass is 1410 g/mol. The van der Waals surface area contributed by atoms with Crippen LogP contribution < -0.4 is 37.2 Å². The number of amides is 6. The lowest BCUT2D eigenvalue weighted by Crippen LogP contribution is -2.69. The van der Waals surface area contributed by atoms with E-state index in [-0.39, 0.29) is 65.7 Å². The second-order valence-electron chi connectivity index (χ2n) is 24.4. The first-order valence-corrected chi connectivity index (χ1v) is 33.0. The van der Waals surface area contributed by atoms with Gasteiger partial charge in [-0.15, -0.1) is 0 Å². The summed E-state index contributed by atoms with van der Waals surface area (Å²) in [5.74, 6) is -1.07. The lowest BCUT2D eigenvalue weighted by atomic mass is 9.83. The Labute approximate surface area is 580 Å². The fourth-order valence-electron chi connectivity index (χ4n) is 11.9. The first-order valence-electron chi connectivity index (χ1n) is 33.0. The molecule has 0 bridgehead atoms. The summed E-state index contributed by atoms with van der Waals surface area (Å²) in [6.07, 6.45) is -31.8. The van der Waals surface area contributed by atoms with Gasteiger partial charge in [-0.05, 0) is 40.7 Å². The van der Waals surface area contributed by atoms with Gasteiger partial charge in [-0.2, -0.15) is 0 Å². The smallest absolute Gasteiger partial charge is 0.407 e. The van der Waals surface area contributed by atoms with Crippen molar-refractivity contribution in [1.29, 1.82) is 0 Å². The number of carbonyl (C=O) groups excluding carboxylic acids is 6. The van der Waals surface area contributed by atoms with Gasteiger partial charge in [-0.25, -0.2) is 24.0 Å². The molecule has 20 atom stereocenters. The number of benzene rings is 5. The van der Waals surface area contributed by atoms with Crippen LogP contribution in [0.3, 0.4) is 0 Å². The third-order valence-electron chi connectivity index (χ3n) is 17.2. The first-order chi connectivity index (χ1) is 49.0. The van der Waals surface area contributed by atoms with Crippen molar-refractivity contribution in [3.8, 4) is 0 Å². The van der Waals surface area contributed by atoms with Gasteiger partial charge < -0.3 is 130 Å². The number of hydrogen-bond acceptors (Lipinski definition) is 26. The molecule has 0 unspecified atom stereocenters. The molecule has 4 heterocycles. The normalized spacial score (nSPS) is 29.1. The molecule has 14 N–H and O–H groups in total. The summed E-state index contributed by atoms with van der Waals surface area (Å²) in [5, 5.41) is 99.3. The highest BCUT2D eigenvalue weighted by molar-refractivity contribution is 5.81. The van der Waals surface area contributed by atoms with Crippen molar-refractivity contribution in [3.05, 3.63) is 179 Å². The van der Waals surface area contributed by atoms with Crippen molar-refractivity contribution < 1.29 is 121 Å². The first kappa shape index (κ1) is 75.0. The van der Waals surface area contributed by atoms with Gasteiger partial charge in [0.2, 0.25) is 5.91 Å². The number of nitrogens with one attached hydrogen (secondary N) is 7. The minimum atomic E-state index is -2.07. The predicted molar refractivity (Wildman–Crippen MR) is 347 cm³/mol. The van der Waals surface area contributed by atoms with Crippen molar-refractivity contribution in [2.75, 3.05) is 39.4 Å².